The molecule has 0 aliphatic heterocycles. The number of nitrogens with zero attached hydrogens (tertiary/aromatic N) is 3. The maximum Gasteiger partial charge on any atom is 0.387 e. The second kappa shape index (κ2) is 5.21. The lowest BCUT2D eigenvalue weighted by Gasteiger charge is -2.08. The summed E-state index contributed by atoms with van der Waals surface area (Å²) in [6.07, 6.45) is 1.59. The van der Waals surface area contributed by atoms with Gasteiger partial charge in [0.25, 0.3) is 0 Å². The van der Waals surface area contributed by atoms with E-state index in [9.17, 15) is 8.78 Å². The molecule has 0 saturated carbocycles. The molecule has 0 aliphatic rings. The molecule has 1 aromatic heterocycles. The first kappa shape index (κ1) is 13.3. The zero-order valence-corrected chi connectivity index (χ0v) is 10.5. The number of nitrogens with two attached hydrogens (primary N) is 1. The van der Waals surface area contributed by atoms with Crippen molar-refractivity contribution in [1.82, 2.24) is 14.8 Å². The van der Waals surface area contributed by atoms with Crippen molar-refractivity contribution in [3.8, 4) is 17.1 Å². The van der Waals surface area contributed by atoms with E-state index < -0.39 is 6.61 Å². The number of hydrogen-bond donors (Lipinski definition) is 1. The van der Waals surface area contributed by atoms with Crippen LogP contribution in [0.25, 0.3) is 11.4 Å². The Kier molecular flexibility index (Phi) is 3.64. The summed E-state index contributed by atoms with van der Waals surface area (Å²) in [7, 11) is 0. The highest BCUT2D eigenvalue weighted by Crippen LogP contribution is 2.28. The monoisotopic (exact) mass is 268 g/mol. The Morgan fingerprint density at radius 2 is 2.05 bits per heavy atom. The van der Waals surface area contributed by atoms with Crippen LogP contribution < -0.4 is 10.5 Å². The molecule has 19 heavy (non-hydrogen) atoms. The van der Waals surface area contributed by atoms with E-state index in [2.05, 4.69) is 14.8 Å². The number of ether oxygens (including phenoxy) is 1. The Labute approximate surface area is 109 Å². The van der Waals surface area contributed by atoms with Crippen LogP contribution in [0, 0.1) is 0 Å². The molecule has 0 aliphatic carbocycles. The van der Waals surface area contributed by atoms with Gasteiger partial charge in [0.05, 0.1) is 5.69 Å². The van der Waals surface area contributed by atoms with E-state index in [1.165, 1.54) is 12.1 Å². The summed E-state index contributed by atoms with van der Waals surface area (Å²) in [6.45, 7) is 1.01. The van der Waals surface area contributed by atoms with E-state index in [1.54, 1.807) is 17.1 Å². The summed E-state index contributed by atoms with van der Waals surface area (Å²) in [5.41, 5.74) is 6.28. The van der Waals surface area contributed by atoms with E-state index >= 15 is 0 Å². The third kappa shape index (κ3) is 2.98. The number of aromatic nitrogens is 3. The van der Waals surface area contributed by atoms with Crippen molar-refractivity contribution >= 4 is 5.69 Å². The minimum absolute atomic E-state index is 0.0756. The van der Waals surface area contributed by atoms with Gasteiger partial charge < -0.3 is 10.5 Å². The van der Waals surface area contributed by atoms with Gasteiger partial charge in [-0.25, -0.2) is 9.67 Å². The first-order valence-electron chi connectivity index (χ1n) is 5.73. The lowest BCUT2D eigenvalue weighted by molar-refractivity contribution is -0.0493. The van der Waals surface area contributed by atoms with Gasteiger partial charge in [0.15, 0.2) is 5.82 Å². The van der Waals surface area contributed by atoms with Gasteiger partial charge in [0.1, 0.15) is 12.1 Å². The molecule has 7 heteroatoms. The van der Waals surface area contributed by atoms with Gasteiger partial charge in [-0.05, 0) is 32.0 Å². The quantitative estimate of drug-likeness (QED) is 0.866. The molecule has 0 radical (unpaired) electrons. The highest BCUT2D eigenvalue weighted by molar-refractivity contribution is 5.65. The largest absolute Gasteiger partial charge is 0.433 e. The lowest BCUT2D eigenvalue weighted by atomic mass is 10.2. The Balaban J connectivity index is 2.33. The SMILES string of the molecule is CC(C)n1cnc(-c2ccc(N)c(OC(F)F)c2)n1. The van der Waals surface area contributed by atoms with Crippen LogP contribution in [0.15, 0.2) is 24.5 Å². The van der Waals surface area contributed by atoms with Gasteiger partial charge in [-0.15, -0.1) is 0 Å². The topological polar surface area (TPSA) is 66.0 Å². The molecule has 5 nitrogen and oxygen atoms in total. The lowest BCUT2D eigenvalue weighted by Crippen LogP contribution is -2.04. The summed E-state index contributed by atoms with van der Waals surface area (Å²) in [5.74, 6) is 0.362. The molecule has 102 valence electrons. The fourth-order valence-corrected chi connectivity index (χ4v) is 1.53. The minimum Gasteiger partial charge on any atom is -0.433 e. The summed E-state index contributed by atoms with van der Waals surface area (Å²) >= 11 is 0. The molecular formula is C12H14F2N4O. The predicted octanol–water partition coefficient (Wildman–Crippen LogP) is 2.71. The van der Waals surface area contributed by atoms with Crippen molar-refractivity contribution < 1.29 is 13.5 Å². The number of halogens is 2. The molecule has 0 spiro atoms. The number of benzene rings is 1. The molecule has 2 N–H and O–H groups in total. The summed E-state index contributed by atoms with van der Waals surface area (Å²) in [4.78, 5) is 4.13. The minimum atomic E-state index is -2.92. The van der Waals surface area contributed by atoms with Crippen molar-refractivity contribution in [2.24, 2.45) is 0 Å². The number of anilines is 1. The number of hydrogen-bond acceptors (Lipinski definition) is 4. The van der Waals surface area contributed by atoms with Crippen LogP contribution in [0.3, 0.4) is 0 Å². The molecule has 0 amide bonds. The highest BCUT2D eigenvalue weighted by atomic mass is 19.3. The zero-order valence-electron chi connectivity index (χ0n) is 10.5. The number of alkyl halides is 2. The Morgan fingerprint density at radius 1 is 1.32 bits per heavy atom. The molecule has 0 fully saturated rings. The zero-order chi connectivity index (χ0) is 14.0. The molecule has 0 saturated heterocycles. The number of nitrogen functional groups attached to an aromatic ring is 1. The predicted molar refractivity (Wildman–Crippen MR) is 66.9 cm³/mol. The van der Waals surface area contributed by atoms with Gasteiger partial charge in [0, 0.05) is 11.6 Å². The second-order valence-corrected chi connectivity index (χ2v) is 4.27. The van der Waals surface area contributed by atoms with Gasteiger partial charge >= 0.3 is 6.61 Å². The fourth-order valence-electron chi connectivity index (χ4n) is 1.53. The van der Waals surface area contributed by atoms with E-state index in [-0.39, 0.29) is 17.5 Å². The van der Waals surface area contributed by atoms with E-state index in [0.717, 1.165) is 0 Å². The maximum absolute atomic E-state index is 12.2. The first-order chi connectivity index (χ1) is 8.97. The van der Waals surface area contributed by atoms with Crippen LogP contribution in [0.5, 0.6) is 5.75 Å². The smallest absolute Gasteiger partial charge is 0.387 e. The standard InChI is InChI=1S/C12H14F2N4O/c1-7(2)18-6-16-11(17-18)8-3-4-9(15)10(5-8)19-12(13)14/h3-7,12H,15H2,1-2H3. The average molecular weight is 268 g/mol. The van der Waals surface area contributed by atoms with Crippen LogP contribution in [-0.2, 0) is 0 Å². The maximum atomic E-state index is 12.2. The summed E-state index contributed by atoms with van der Waals surface area (Å²) in [6, 6.07) is 4.73. The van der Waals surface area contributed by atoms with Crippen LogP contribution in [0.2, 0.25) is 0 Å². The van der Waals surface area contributed by atoms with Crippen LogP contribution in [0.1, 0.15) is 19.9 Å². The molecule has 0 atom stereocenters. The van der Waals surface area contributed by atoms with E-state index in [0.29, 0.717) is 11.4 Å². The van der Waals surface area contributed by atoms with E-state index in [4.69, 9.17) is 5.73 Å². The Hall–Kier alpha value is -2.18. The highest BCUT2D eigenvalue weighted by Gasteiger charge is 2.12. The van der Waals surface area contributed by atoms with Crippen molar-refractivity contribution in [3.63, 3.8) is 0 Å². The number of rotatable bonds is 4. The van der Waals surface area contributed by atoms with Gasteiger partial charge in [-0.1, -0.05) is 0 Å². The molecule has 1 aromatic carbocycles. The molecule has 2 aromatic rings. The second-order valence-electron chi connectivity index (χ2n) is 4.27. The third-order valence-corrected chi connectivity index (χ3v) is 2.53. The van der Waals surface area contributed by atoms with E-state index in [1.807, 2.05) is 13.8 Å². The molecular weight excluding hydrogens is 254 g/mol. The van der Waals surface area contributed by atoms with Crippen LogP contribution >= 0.6 is 0 Å². The van der Waals surface area contributed by atoms with Crippen molar-refractivity contribution in [1.29, 1.82) is 0 Å². The van der Waals surface area contributed by atoms with Gasteiger partial charge in [-0.2, -0.15) is 13.9 Å². The molecule has 0 unspecified atom stereocenters. The summed E-state index contributed by atoms with van der Waals surface area (Å²) in [5, 5.41) is 4.25. The molecule has 1 heterocycles. The van der Waals surface area contributed by atoms with Crippen molar-refractivity contribution in [2.75, 3.05) is 5.73 Å². The first-order valence-corrected chi connectivity index (χ1v) is 5.73. The molecule has 2 rings (SSSR count). The molecule has 0 bridgehead atoms. The fraction of sp³-hybridized carbons (Fsp3) is 0.333. The van der Waals surface area contributed by atoms with Crippen LogP contribution in [-0.4, -0.2) is 21.4 Å². The van der Waals surface area contributed by atoms with Gasteiger partial charge in [-0.3, -0.25) is 0 Å². The van der Waals surface area contributed by atoms with Crippen molar-refractivity contribution in [2.45, 2.75) is 26.5 Å². The Morgan fingerprint density at radius 3 is 2.63 bits per heavy atom. The third-order valence-electron chi connectivity index (χ3n) is 2.53. The Bertz CT molecular complexity index is 569. The normalized spacial score (nSPS) is 11.3. The van der Waals surface area contributed by atoms with Crippen LogP contribution in [0.4, 0.5) is 14.5 Å². The van der Waals surface area contributed by atoms with Gasteiger partial charge in [0.2, 0.25) is 0 Å². The van der Waals surface area contributed by atoms with Crippen molar-refractivity contribution in [3.05, 3.63) is 24.5 Å². The summed E-state index contributed by atoms with van der Waals surface area (Å²) < 4.78 is 30.5. The average Bonchev–Trinajstić information content (AvgIpc) is 2.81.